The molecule has 0 atom stereocenters. The van der Waals surface area contributed by atoms with Crippen LogP contribution in [0.5, 0.6) is 5.75 Å². The predicted molar refractivity (Wildman–Crippen MR) is 96.7 cm³/mol. The lowest BCUT2D eigenvalue weighted by Gasteiger charge is -2.30. The maximum absolute atomic E-state index is 13.0. The maximum atomic E-state index is 13.0. The average molecular weight is 332 g/mol. The minimum absolute atomic E-state index is 0.292. The van der Waals surface area contributed by atoms with E-state index in [2.05, 4.69) is 29.7 Å². The van der Waals surface area contributed by atoms with Gasteiger partial charge in [-0.15, -0.1) is 0 Å². The Morgan fingerprint density at radius 2 is 1.92 bits per heavy atom. The molecule has 0 radical (unpaired) electrons. The summed E-state index contributed by atoms with van der Waals surface area (Å²) in [5.74, 6) is 6.60. The molecule has 0 amide bonds. The molecular formula is C21H17FN2O. The second-order valence-electron chi connectivity index (χ2n) is 5.62. The summed E-state index contributed by atoms with van der Waals surface area (Å²) in [4.78, 5) is 2.16. The van der Waals surface area contributed by atoms with Crippen molar-refractivity contribution in [3.8, 4) is 23.7 Å². The van der Waals surface area contributed by atoms with Gasteiger partial charge < -0.3 is 9.64 Å². The lowest BCUT2D eigenvalue weighted by molar-refractivity contribution is 0.414. The second-order valence-corrected chi connectivity index (χ2v) is 5.62. The fourth-order valence-electron chi connectivity index (χ4n) is 2.82. The standard InChI is InChI=1S/C21H17FN2O/c1-3-24-14-16(7-4-15-5-8-17(22)9-6-15)20(13-23)19-11-10-18(25-2)12-21(19)24/h5-6,8-12H,3,14H2,1-2H3. The van der Waals surface area contributed by atoms with Crippen LogP contribution in [0.25, 0.3) is 5.57 Å². The Hall–Kier alpha value is -3.24. The number of halogens is 1. The first kappa shape index (κ1) is 16.6. The largest absolute Gasteiger partial charge is 0.497 e. The van der Waals surface area contributed by atoms with E-state index < -0.39 is 0 Å². The van der Waals surface area contributed by atoms with Gasteiger partial charge in [0, 0.05) is 35.0 Å². The Kier molecular flexibility index (Phi) is 4.73. The highest BCUT2D eigenvalue weighted by Crippen LogP contribution is 2.36. The van der Waals surface area contributed by atoms with Crippen molar-refractivity contribution in [2.45, 2.75) is 6.92 Å². The molecule has 0 fully saturated rings. The summed E-state index contributed by atoms with van der Waals surface area (Å²) in [6.45, 7) is 3.42. The van der Waals surface area contributed by atoms with Gasteiger partial charge in [0.25, 0.3) is 0 Å². The van der Waals surface area contributed by atoms with Crippen LogP contribution in [0.15, 0.2) is 48.0 Å². The SMILES string of the molecule is CCN1CC(C#Cc2ccc(F)cc2)=C(C#N)c2ccc(OC)cc21. The molecule has 0 saturated heterocycles. The van der Waals surface area contributed by atoms with E-state index in [4.69, 9.17) is 4.74 Å². The van der Waals surface area contributed by atoms with E-state index in [9.17, 15) is 9.65 Å². The van der Waals surface area contributed by atoms with Gasteiger partial charge in [-0.2, -0.15) is 5.26 Å². The van der Waals surface area contributed by atoms with Crippen LogP contribution < -0.4 is 9.64 Å². The van der Waals surface area contributed by atoms with E-state index in [-0.39, 0.29) is 5.82 Å². The van der Waals surface area contributed by atoms with Crippen LogP contribution in [-0.4, -0.2) is 20.2 Å². The van der Waals surface area contributed by atoms with Gasteiger partial charge in [-0.25, -0.2) is 4.39 Å². The quantitative estimate of drug-likeness (QED) is 0.780. The van der Waals surface area contributed by atoms with Crippen molar-refractivity contribution in [3.63, 3.8) is 0 Å². The van der Waals surface area contributed by atoms with E-state index in [0.717, 1.165) is 34.7 Å². The van der Waals surface area contributed by atoms with Crippen LogP contribution in [0.4, 0.5) is 10.1 Å². The molecule has 1 aliphatic heterocycles. The number of hydrogen-bond acceptors (Lipinski definition) is 3. The fourth-order valence-corrected chi connectivity index (χ4v) is 2.82. The van der Waals surface area contributed by atoms with Crippen molar-refractivity contribution in [1.82, 2.24) is 0 Å². The Bertz CT molecular complexity index is 927. The number of hydrogen-bond donors (Lipinski definition) is 0. The molecule has 0 unspecified atom stereocenters. The van der Waals surface area contributed by atoms with Crippen molar-refractivity contribution < 1.29 is 9.13 Å². The fraction of sp³-hybridized carbons (Fsp3) is 0.190. The van der Waals surface area contributed by atoms with Gasteiger partial charge in [-0.1, -0.05) is 11.8 Å². The highest BCUT2D eigenvalue weighted by atomic mass is 19.1. The molecule has 0 aromatic heterocycles. The zero-order valence-corrected chi connectivity index (χ0v) is 14.1. The number of benzene rings is 2. The molecule has 1 heterocycles. The molecular weight excluding hydrogens is 315 g/mol. The molecule has 25 heavy (non-hydrogen) atoms. The van der Waals surface area contributed by atoms with Gasteiger partial charge in [0.05, 0.1) is 19.2 Å². The first-order valence-corrected chi connectivity index (χ1v) is 8.00. The molecule has 3 rings (SSSR count). The molecule has 4 heteroatoms. The van der Waals surface area contributed by atoms with Crippen molar-refractivity contribution in [1.29, 1.82) is 5.26 Å². The molecule has 3 nitrogen and oxygen atoms in total. The summed E-state index contributed by atoms with van der Waals surface area (Å²) >= 11 is 0. The van der Waals surface area contributed by atoms with E-state index in [0.29, 0.717) is 12.1 Å². The van der Waals surface area contributed by atoms with E-state index >= 15 is 0 Å². The number of fused-ring (bicyclic) bond motifs is 1. The van der Waals surface area contributed by atoms with Gasteiger partial charge >= 0.3 is 0 Å². The third-order valence-corrected chi connectivity index (χ3v) is 4.16. The monoisotopic (exact) mass is 332 g/mol. The van der Waals surface area contributed by atoms with Gasteiger partial charge in [0.2, 0.25) is 0 Å². The number of rotatable bonds is 2. The lowest BCUT2D eigenvalue weighted by atomic mass is 9.94. The number of methoxy groups -OCH3 is 1. The third kappa shape index (κ3) is 3.34. The van der Waals surface area contributed by atoms with Crippen molar-refractivity contribution >= 4 is 11.3 Å². The zero-order chi connectivity index (χ0) is 17.8. The number of likely N-dealkylation sites (N-methyl/N-ethyl adjacent to an activating group) is 1. The molecule has 2 aromatic rings. The van der Waals surface area contributed by atoms with Gasteiger partial charge in [-0.05, 0) is 43.3 Å². The first-order valence-electron chi connectivity index (χ1n) is 8.00. The molecule has 0 N–H and O–H groups in total. The molecule has 0 saturated carbocycles. The lowest BCUT2D eigenvalue weighted by Crippen LogP contribution is -2.29. The number of allylic oxidation sites excluding steroid dienone is 1. The summed E-state index contributed by atoms with van der Waals surface area (Å²) in [5, 5.41) is 9.65. The molecule has 0 aliphatic carbocycles. The first-order chi connectivity index (χ1) is 12.2. The molecule has 0 spiro atoms. The number of ether oxygens (including phenoxy) is 1. The molecule has 0 bridgehead atoms. The van der Waals surface area contributed by atoms with E-state index in [1.165, 1.54) is 12.1 Å². The van der Waals surface area contributed by atoms with Crippen LogP contribution in [0.1, 0.15) is 18.1 Å². The Morgan fingerprint density at radius 1 is 1.16 bits per heavy atom. The minimum atomic E-state index is -0.292. The normalized spacial score (nSPS) is 12.8. The highest BCUT2D eigenvalue weighted by molar-refractivity contribution is 5.92. The second kappa shape index (κ2) is 7.11. The summed E-state index contributed by atoms with van der Waals surface area (Å²) in [5.41, 5.74) is 3.91. The Morgan fingerprint density at radius 3 is 2.56 bits per heavy atom. The number of nitrogens with zero attached hydrogens (tertiary/aromatic N) is 2. The smallest absolute Gasteiger partial charge is 0.123 e. The summed E-state index contributed by atoms with van der Waals surface area (Å²) < 4.78 is 18.3. The van der Waals surface area contributed by atoms with Crippen molar-refractivity contribution in [2.75, 3.05) is 25.1 Å². The average Bonchev–Trinajstić information content (AvgIpc) is 2.66. The molecule has 124 valence electrons. The van der Waals surface area contributed by atoms with Crippen LogP contribution in [-0.2, 0) is 0 Å². The minimum Gasteiger partial charge on any atom is -0.497 e. The zero-order valence-electron chi connectivity index (χ0n) is 14.1. The summed E-state index contributed by atoms with van der Waals surface area (Å²) in [6, 6.07) is 14.0. The van der Waals surface area contributed by atoms with Crippen LogP contribution in [0, 0.1) is 29.0 Å². The number of nitriles is 1. The van der Waals surface area contributed by atoms with E-state index in [1.807, 2.05) is 18.2 Å². The van der Waals surface area contributed by atoms with Crippen LogP contribution >= 0.6 is 0 Å². The molecule has 2 aromatic carbocycles. The maximum Gasteiger partial charge on any atom is 0.123 e. The van der Waals surface area contributed by atoms with Crippen molar-refractivity contribution in [2.24, 2.45) is 0 Å². The van der Waals surface area contributed by atoms with Gasteiger partial charge in [0.1, 0.15) is 17.6 Å². The summed E-state index contributed by atoms with van der Waals surface area (Å²) in [7, 11) is 1.63. The third-order valence-electron chi connectivity index (χ3n) is 4.16. The summed E-state index contributed by atoms with van der Waals surface area (Å²) in [6.07, 6.45) is 0. The molecule has 1 aliphatic rings. The van der Waals surface area contributed by atoms with Gasteiger partial charge in [0.15, 0.2) is 0 Å². The highest BCUT2D eigenvalue weighted by Gasteiger charge is 2.23. The van der Waals surface area contributed by atoms with E-state index in [1.54, 1.807) is 19.2 Å². The van der Waals surface area contributed by atoms with Crippen molar-refractivity contribution in [3.05, 3.63) is 65.0 Å². The van der Waals surface area contributed by atoms with Crippen LogP contribution in [0.2, 0.25) is 0 Å². The Labute approximate surface area is 147 Å². The Balaban J connectivity index is 2.07. The van der Waals surface area contributed by atoms with Crippen LogP contribution in [0.3, 0.4) is 0 Å². The van der Waals surface area contributed by atoms with Gasteiger partial charge in [-0.3, -0.25) is 0 Å². The topological polar surface area (TPSA) is 36.3 Å². The predicted octanol–water partition coefficient (Wildman–Crippen LogP) is 4.00. The number of anilines is 1.